The van der Waals surface area contributed by atoms with Crippen molar-refractivity contribution in [3.63, 3.8) is 0 Å². The van der Waals surface area contributed by atoms with E-state index in [1.807, 2.05) is 36.4 Å². The Balaban J connectivity index is 1.51. The molecule has 3 aromatic rings. The van der Waals surface area contributed by atoms with E-state index in [-0.39, 0.29) is 11.5 Å². The topological polar surface area (TPSA) is 49.0 Å². The van der Waals surface area contributed by atoms with Crippen LogP contribution in [0.2, 0.25) is 0 Å². The number of hydrogen-bond acceptors (Lipinski definition) is 2. The molecule has 1 aliphatic rings. The van der Waals surface area contributed by atoms with Crippen LogP contribution in [0.4, 0.5) is 8.78 Å². The number of aromatic amines is 1. The quantitative estimate of drug-likeness (QED) is 0.747. The number of nitrogens with one attached hydrogen (secondary N) is 1. The summed E-state index contributed by atoms with van der Waals surface area (Å²) in [5, 5.41) is 7.46. The van der Waals surface area contributed by atoms with Crippen LogP contribution in [0.15, 0.2) is 54.6 Å². The van der Waals surface area contributed by atoms with Crippen molar-refractivity contribution in [2.75, 3.05) is 13.1 Å². The molecule has 0 bridgehead atoms. The van der Waals surface area contributed by atoms with Crippen molar-refractivity contribution in [1.82, 2.24) is 15.1 Å². The van der Waals surface area contributed by atoms with Gasteiger partial charge in [-0.05, 0) is 31.0 Å². The van der Waals surface area contributed by atoms with E-state index in [1.165, 1.54) is 6.07 Å². The maximum Gasteiger partial charge on any atom is 0.256 e. The molecule has 1 aromatic heterocycles. The summed E-state index contributed by atoms with van der Waals surface area (Å²) in [7, 11) is 0. The van der Waals surface area contributed by atoms with Gasteiger partial charge in [0.05, 0.1) is 11.3 Å². The normalized spacial score (nSPS) is 17.1. The van der Waals surface area contributed by atoms with E-state index < -0.39 is 17.5 Å². The van der Waals surface area contributed by atoms with Gasteiger partial charge in [-0.2, -0.15) is 5.10 Å². The van der Waals surface area contributed by atoms with Crippen LogP contribution in [0.5, 0.6) is 0 Å². The van der Waals surface area contributed by atoms with Gasteiger partial charge in [0, 0.05) is 36.3 Å². The monoisotopic (exact) mass is 367 g/mol. The lowest BCUT2D eigenvalue weighted by molar-refractivity contribution is 0.0701. The lowest BCUT2D eigenvalue weighted by atomic mass is 9.93. The van der Waals surface area contributed by atoms with Crippen molar-refractivity contribution < 1.29 is 13.6 Å². The molecule has 0 saturated carbocycles. The lowest BCUT2D eigenvalue weighted by Gasteiger charge is -2.32. The van der Waals surface area contributed by atoms with Gasteiger partial charge >= 0.3 is 0 Å². The molecule has 1 N–H and O–H groups in total. The molecule has 2 aromatic carbocycles. The zero-order valence-electron chi connectivity index (χ0n) is 14.7. The Morgan fingerprint density at radius 1 is 1.11 bits per heavy atom. The minimum Gasteiger partial charge on any atom is -0.338 e. The largest absolute Gasteiger partial charge is 0.338 e. The van der Waals surface area contributed by atoms with Crippen LogP contribution < -0.4 is 0 Å². The molecule has 6 heteroatoms. The Hall–Kier alpha value is -3.02. The second-order valence-corrected chi connectivity index (χ2v) is 6.79. The van der Waals surface area contributed by atoms with Crippen LogP contribution in [0.25, 0.3) is 11.3 Å². The number of halogens is 2. The second-order valence-electron chi connectivity index (χ2n) is 6.79. The minimum absolute atomic E-state index is 0.0911. The molecule has 0 spiro atoms. The lowest BCUT2D eigenvalue weighted by Crippen LogP contribution is -2.39. The first kappa shape index (κ1) is 17.4. The molecule has 1 atom stereocenters. The van der Waals surface area contributed by atoms with Crippen molar-refractivity contribution in [3.05, 3.63) is 77.5 Å². The predicted octanol–water partition coefficient (Wildman–Crippen LogP) is 4.37. The number of piperidine rings is 1. The van der Waals surface area contributed by atoms with Gasteiger partial charge in [-0.25, -0.2) is 8.78 Å². The number of likely N-dealkylation sites (tertiary alicyclic amines) is 1. The molecule has 0 aliphatic carbocycles. The zero-order chi connectivity index (χ0) is 18.8. The number of carbonyl (C=O) groups is 1. The highest BCUT2D eigenvalue weighted by atomic mass is 19.1. The molecule has 2 heterocycles. The molecule has 1 fully saturated rings. The van der Waals surface area contributed by atoms with Gasteiger partial charge in [-0.3, -0.25) is 9.89 Å². The van der Waals surface area contributed by atoms with Gasteiger partial charge in [0.15, 0.2) is 0 Å². The average Bonchev–Trinajstić information content (AvgIpc) is 3.19. The van der Waals surface area contributed by atoms with Gasteiger partial charge in [-0.15, -0.1) is 0 Å². The van der Waals surface area contributed by atoms with Crippen molar-refractivity contribution in [3.8, 4) is 11.3 Å². The molecular weight excluding hydrogens is 348 g/mol. The summed E-state index contributed by atoms with van der Waals surface area (Å²) in [6.07, 6.45) is 1.74. The van der Waals surface area contributed by atoms with Crippen molar-refractivity contribution >= 4 is 5.91 Å². The Bertz CT molecular complexity index is 955. The molecule has 0 unspecified atom stereocenters. The highest BCUT2D eigenvalue weighted by Crippen LogP contribution is 2.29. The molecule has 4 nitrogen and oxygen atoms in total. The Kier molecular flexibility index (Phi) is 4.71. The summed E-state index contributed by atoms with van der Waals surface area (Å²) in [4.78, 5) is 14.3. The van der Waals surface area contributed by atoms with Crippen molar-refractivity contribution in [2.45, 2.75) is 18.8 Å². The first-order valence-electron chi connectivity index (χ1n) is 8.97. The first-order valence-corrected chi connectivity index (χ1v) is 8.97. The van der Waals surface area contributed by atoms with Gasteiger partial charge in [0.1, 0.15) is 11.6 Å². The third kappa shape index (κ3) is 3.60. The van der Waals surface area contributed by atoms with Crippen LogP contribution in [0.1, 0.15) is 34.8 Å². The molecule has 1 amide bonds. The van der Waals surface area contributed by atoms with E-state index in [1.54, 1.807) is 4.90 Å². The highest BCUT2D eigenvalue weighted by Gasteiger charge is 2.28. The Morgan fingerprint density at radius 2 is 1.93 bits per heavy atom. The van der Waals surface area contributed by atoms with Gasteiger partial charge < -0.3 is 4.90 Å². The molecule has 1 saturated heterocycles. The van der Waals surface area contributed by atoms with E-state index >= 15 is 0 Å². The smallest absolute Gasteiger partial charge is 0.256 e. The molecule has 4 rings (SSSR count). The average molecular weight is 367 g/mol. The van der Waals surface area contributed by atoms with Crippen LogP contribution in [-0.2, 0) is 0 Å². The third-order valence-electron chi connectivity index (χ3n) is 4.98. The fourth-order valence-corrected chi connectivity index (χ4v) is 3.55. The van der Waals surface area contributed by atoms with Gasteiger partial charge in [0.25, 0.3) is 5.91 Å². The van der Waals surface area contributed by atoms with Crippen molar-refractivity contribution in [1.29, 1.82) is 0 Å². The van der Waals surface area contributed by atoms with E-state index in [0.717, 1.165) is 41.9 Å². The summed E-state index contributed by atoms with van der Waals surface area (Å²) in [5.74, 6) is -1.81. The molecule has 138 valence electrons. The number of nitrogens with zero attached hydrogens (tertiary/aromatic N) is 2. The summed E-state index contributed by atoms with van der Waals surface area (Å²) in [6, 6.07) is 14.9. The van der Waals surface area contributed by atoms with Crippen LogP contribution in [0.3, 0.4) is 0 Å². The number of carbonyl (C=O) groups excluding carboxylic acids is 1. The maximum absolute atomic E-state index is 14.0. The van der Waals surface area contributed by atoms with E-state index in [9.17, 15) is 13.6 Å². The van der Waals surface area contributed by atoms with E-state index in [0.29, 0.717) is 13.1 Å². The van der Waals surface area contributed by atoms with Crippen molar-refractivity contribution in [2.24, 2.45) is 0 Å². The van der Waals surface area contributed by atoms with E-state index in [4.69, 9.17) is 0 Å². The molecule has 27 heavy (non-hydrogen) atoms. The summed E-state index contributed by atoms with van der Waals surface area (Å²) in [6.45, 7) is 1.04. The summed E-state index contributed by atoms with van der Waals surface area (Å²) < 4.78 is 27.1. The maximum atomic E-state index is 14.0. The number of benzene rings is 2. The van der Waals surface area contributed by atoms with Gasteiger partial charge in [-0.1, -0.05) is 30.3 Å². The Labute approximate surface area is 155 Å². The third-order valence-corrected chi connectivity index (χ3v) is 4.98. The van der Waals surface area contributed by atoms with E-state index in [2.05, 4.69) is 10.2 Å². The van der Waals surface area contributed by atoms with Crippen LogP contribution >= 0.6 is 0 Å². The second kappa shape index (κ2) is 7.31. The fourth-order valence-electron chi connectivity index (χ4n) is 3.55. The number of amides is 1. The van der Waals surface area contributed by atoms with Crippen LogP contribution in [-0.4, -0.2) is 34.1 Å². The highest BCUT2D eigenvalue weighted by molar-refractivity contribution is 5.94. The zero-order valence-corrected chi connectivity index (χ0v) is 14.7. The van der Waals surface area contributed by atoms with Crippen LogP contribution in [0, 0.1) is 11.6 Å². The molecule has 1 aliphatic heterocycles. The summed E-state index contributed by atoms with van der Waals surface area (Å²) >= 11 is 0. The fraction of sp³-hybridized carbons (Fsp3) is 0.238. The summed E-state index contributed by atoms with van der Waals surface area (Å²) in [5.41, 5.74) is 2.76. The SMILES string of the molecule is O=C(c1ccc(F)cc1F)N1CCC[C@H](c2cc(-c3ccccc3)n[nH]2)C1. The minimum atomic E-state index is -0.824. The standard InChI is InChI=1S/C21H19F2N3O/c22-16-8-9-17(18(23)11-16)21(27)26-10-4-7-15(13-26)20-12-19(24-25-20)14-5-2-1-3-6-14/h1-3,5-6,8-9,11-12,15H,4,7,10,13H2,(H,24,25)/t15-/m0/s1. The number of H-pyrrole nitrogens is 1. The molecule has 0 radical (unpaired) electrons. The Morgan fingerprint density at radius 3 is 2.70 bits per heavy atom. The van der Waals surface area contributed by atoms with Gasteiger partial charge in [0.2, 0.25) is 0 Å². The number of hydrogen-bond donors (Lipinski definition) is 1. The first-order chi connectivity index (χ1) is 13.1. The number of rotatable bonds is 3. The number of aromatic nitrogens is 2. The predicted molar refractivity (Wildman–Crippen MR) is 98.3 cm³/mol. The molecular formula is C21H19F2N3O.